The largest absolute Gasteiger partial charge is 0.391 e. The van der Waals surface area contributed by atoms with Gasteiger partial charge >= 0.3 is 0 Å². The van der Waals surface area contributed by atoms with Crippen LogP contribution in [-0.4, -0.2) is 46.9 Å². The molecule has 0 saturated carbocycles. The fraction of sp³-hybridized carbons (Fsp3) is 0.375. The molecule has 1 aromatic carbocycles. The zero-order chi connectivity index (χ0) is 15.5. The van der Waals surface area contributed by atoms with Crippen LogP contribution in [0.5, 0.6) is 0 Å². The van der Waals surface area contributed by atoms with Crippen molar-refractivity contribution in [3.63, 3.8) is 0 Å². The van der Waals surface area contributed by atoms with Gasteiger partial charge in [0.05, 0.1) is 11.8 Å². The van der Waals surface area contributed by atoms with Crippen molar-refractivity contribution in [3.05, 3.63) is 41.6 Å². The summed E-state index contributed by atoms with van der Waals surface area (Å²) in [5.74, 6) is -0.145. The van der Waals surface area contributed by atoms with Crippen molar-refractivity contribution in [3.8, 4) is 11.3 Å². The molecule has 2 aromatic rings. The molecule has 3 rings (SSSR count). The number of amides is 1. The second kappa shape index (κ2) is 7.59. The summed E-state index contributed by atoms with van der Waals surface area (Å²) in [6.45, 7) is 3.78. The zero-order valence-electron chi connectivity index (χ0n) is 12.9. The van der Waals surface area contributed by atoms with Crippen LogP contribution in [0.4, 0.5) is 0 Å². The molecule has 7 heteroatoms. The molecule has 1 saturated heterocycles. The van der Waals surface area contributed by atoms with Gasteiger partial charge in [-0.15, -0.1) is 12.4 Å². The molecule has 1 amide bonds. The maximum atomic E-state index is 12.1. The van der Waals surface area contributed by atoms with E-state index in [1.807, 2.05) is 31.2 Å². The highest BCUT2D eigenvalue weighted by atomic mass is 35.5. The van der Waals surface area contributed by atoms with Crippen molar-refractivity contribution in [2.24, 2.45) is 5.92 Å². The highest BCUT2D eigenvalue weighted by molar-refractivity contribution is 5.93. The third-order valence-electron chi connectivity index (χ3n) is 4.00. The number of β-amino-alcohol motifs (C(OH)–C–C–N with tert-alkyl or cyclic N) is 1. The molecule has 6 nitrogen and oxygen atoms in total. The van der Waals surface area contributed by atoms with Crippen LogP contribution in [-0.2, 0) is 0 Å². The number of aliphatic hydroxyl groups excluding tert-OH is 1. The third kappa shape index (κ3) is 4.10. The van der Waals surface area contributed by atoms with E-state index < -0.39 is 6.10 Å². The van der Waals surface area contributed by atoms with Crippen molar-refractivity contribution in [1.82, 2.24) is 20.8 Å². The second-order valence-corrected chi connectivity index (χ2v) is 5.73. The number of rotatable bonds is 4. The predicted molar refractivity (Wildman–Crippen MR) is 90.7 cm³/mol. The van der Waals surface area contributed by atoms with Crippen molar-refractivity contribution in [2.75, 3.05) is 19.6 Å². The van der Waals surface area contributed by atoms with Crippen molar-refractivity contribution >= 4 is 18.3 Å². The van der Waals surface area contributed by atoms with Gasteiger partial charge in [0, 0.05) is 31.1 Å². The highest BCUT2D eigenvalue weighted by Gasteiger charge is 2.25. The van der Waals surface area contributed by atoms with Crippen LogP contribution in [0.1, 0.15) is 16.1 Å². The van der Waals surface area contributed by atoms with Crippen LogP contribution in [0.15, 0.2) is 30.3 Å². The lowest BCUT2D eigenvalue weighted by atomic mass is 10.1. The number of carbonyl (C=O) groups is 1. The third-order valence-corrected chi connectivity index (χ3v) is 4.00. The molecular formula is C16H21ClN4O2. The maximum Gasteiger partial charge on any atom is 0.269 e. The van der Waals surface area contributed by atoms with Crippen molar-refractivity contribution < 1.29 is 9.90 Å². The Morgan fingerprint density at radius 3 is 2.74 bits per heavy atom. The Kier molecular flexibility index (Phi) is 5.76. The summed E-state index contributed by atoms with van der Waals surface area (Å²) in [5.41, 5.74) is 3.32. The number of carbonyl (C=O) groups excluding carboxylic acids is 1. The summed E-state index contributed by atoms with van der Waals surface area (Å²) in [6.07, 6.45) is -0.398. The number of aromatic amines is 1. The molecule has 1 fully saturated rings. The number of hydrogen-bond acceptors (Lipinski definition) is 4. The number of aromatic nitrogens is 2. The topological polar surface area (TPSA) is 90.0 Å². The molecule has 4 N–H and O–H groups in total. The van der Waals surface area contributed by atoms with Crippen molar-refractivity contribution in [1.29, 1.82) is 0 Å². The van der Waals surface area contributed by atoms with E-state index in [9.17, 15) is 9.90 Å². The predicted octanol–water partition coefficient (Wildman–Crippen LogP) is 1.12. The Bertz CT molecular complexity index is 656. The van der Waals surface area contributed by atoms with Gasteiger partial charge in [0.1, 0.15) is 5.69 Å². The molecule has 0 aliphatic carbocycles. The van der Waals surface area contributed by atoms with E-state index in [0.717, 1.165) is 17.8 Å². The Hall–Kier alpha value is -1.89. The zero-order valence-corrected chi connectivity index (χ0v) is 13.7. The molecule has 1 aliphatic rings. The number of aryl methyl sites for hydroxylation is 1. The standard InChI is InChI=1S/C16H20N4O2.ClH/c1-10-2-4-11(5-3-10)13-6-14(20-19-13)16(22)18-8-12-7-17-9-15(12)21;/h2-6,12,15,17,21H,7-9H2,1H3,(H,18,22)(H,19,20);1H. The van der Waals surface area contributed by atoms with Gasteiger partial charge in [-0.1, -0.05) is 29.8 Å². The summed E-state index contributed by atoms with van der Waals surface area (Å²) in [5, 5.41) is 22.6. The summed E-state index contributed by atoms with van der Waals surface area (Å²) in [6, 6.07) is 9.72. The molecule has 1 aromatic heterocycles. The molecule has 1 aliphatic heterocycles. The smallest absolute Gasteiger partial charge is 0.269 e. The summed E-state index contributed by atoms with van der Waals surface area (Å²) in [4.78, 5) is 12.1. The van der Waals surface area contributed by atoms with Crippen molar-refractivity contribution in [2.45, 2.75) is 13.0 Å². The minimum atomic E-state index is -0.398. The van der Waals surface area contributed by atoms with Gasteiger partial charge in [-0.05, 0) is 13.0 Å². The number of nitrogens with one attached hydrogen (secondary N) is 3. The van der Waals surface area contributed by atoms with Crippen LogP contribution in [0.3, 0.4) is 0 Å². The van der Waals surface area contributed by atoms with Gasteiger partial charge in [0.15, 0.2) is 0 Å². The van der Waals surface area contributed by atoms with E-state index in [4.69, 9.17) is 0 Å². The number of H-pyrrole nitrogens is 1. The van der Waals surface area contributed by atoms with Crippen LogP contribution in [0, 0.1) is 12.8 Å². The average Bonchev–Trinajstić information content (AvgIpc) is 3.15. The van der Waals surface area contributed by atoms with Gasteiger partial charge in [0.2, 0.25) is 0 Å². The Balaban J connectivity index is 0.00000192. The molecule has 0 spiro atoms. The minimum Gasteiger partial charge on any atom is -0.391 e. The second-order valence-electron chi connectivity index (χ2n) is 5.73. The Morgan fingerprint density at radius 2 is 2.09 bits per heavy atom. The SMILES string of the molecule is Cc1ccc(-c2cc(C(=O)NCC3CNCC3O)[nH]n2)cc1.Cl. The van der Waals surface area contributed by atoms with Gasteiger partial charge in [-0.3, -0.25) is 9.89 Å². The first-order chi connectivity index (χ1) is 10.6. The molecule has 0 bridgehead atoms. The highest BCUT2D eigenvalue weighted by Crippen LogP contribution is 2.18. The Morgan fingerprint density at radius 1 is 1.35 bits per heavy atom. The van der Waals surface area contributed by atoms with Gasteiger partial charge in [-0.2, -0.15) is 5.10 Å². The molecule has 2 atom stereocenters. The van der Waals surface area contributed by atoms with E-state index in [-0.39, 0.29) is 24.2 Å². The lowest BCUT2D eigenvalue weighted by Crippen LogP contribution is -2.34. The number of hydrogen-bond donors (Lipinski definition) is 4. The quantitative estimate of drug-likeness (QED) is 0.673. The Labute approximate surface area is 141 Å². The fourth-order valence-electron chi connectivity index (χ4n) is 2.56. The van der Waals surface area contributed by atoms with Crippen LogP contribution in [0.25, 0.3) is 11.3 Å². The van der Waals surface area contributed by atoms with Crippen LogP contribution < -0.4 is 10.6 Å². The normalized spacial score (nSPS) is 20.1. The summed E-state index contributed by atoms with van der Waals surface area (Å²) in [7, 11) is 0. The van der Waals surface area contributed by atoms with E-state index in [0.29, 0.717) is 18.8 Å². The monoisotopic (exact) mass is 336 g/mol. The number of halogens is 1. The minimum absolute atomic E-state index is 0. The van der Waals surface area contributed by atoms with Gasteiger partial charge in [-0.25, -0.2) is 0 Å². The summed E-state index contributed by atoms with van der Waals surface area (Å²) >= 11 is 0. The molecule has 124 valence electrons. The molecule has 23 heavy (non-hydrogen) atoms. The number of benzene rings is 1. The first-order valence-corrected chi connectivity index (χ1v) is 7.43. The van der Waals surface area contributed by atoms with Crippen LogP contribution in [0.2, 0.25) is 0 Å². The van der Waals surface area contributed by atoms with E-state index in [2.05, 4.69) is 20.8 Å². The van der Waals surface area contributed by atoms with E-state index in [1.165, 1.54) is 5.56 Å². The lowest BCUT2D eigenvalue weighted by molar-refractivity contribution is 0.0922. The molecule has 2 heterocycles. The molecular weight excluding hydrogens is 316 g/mol. The van der Waals surface area contributed by atoms with E-state index >= 15 is 0 Å². The maximum absolute atomic E-state index is 12.1. The molecule has 2 unspecified atom stereocenters. The molecule has 0 radical (unpaired) electrons. The first-order valence-electron chi connectivity index (χ1n) is 7.43. The van der Waals surface area contributed by atoms with Crippen LogP contribution >= 0.6 is 12.4 Å². The fourth-order valence-corrected chi connectivity index (χ4v) is 2.56. The summed E-state index contributed by atoms with van der Waals surface area (Å²) < 4.78 is 0. The number of nitrogens with zero attached hydrogens (tertiary/aromatic N) is 1. The number of aliphatic hydroxyl groups is 1. The van der Waals surface area contributed by atoms with Gasteiger partial charge < -0.3 is 15.7 Å². The van der Waals surface area contributed by atoms with Gasteiger partial charge in [0.25, 0.3) is 5.91 Å². The van der Waals surface area contributed by atoms with E-state index in [1.54, 1.807) is 6.07 Å². The first kappa shape index (κ1) is 17.5. The lowest BCUT2D eigenvalue weighted by Gasteiger charge is -2.13. The average molecular weight is 337 g/mol.